The third-order valence-electron chi connectivity index (χ3n) is 6.94. The van der Waals surface area contributed by atoms with Crippen molar-refractivity contribution in [1.82, 2.24) is 15.5 Å². The van der Waals surface area contributed by atoms with Crippen LogP contribution in [-0.4, -0.2) is 54.9 Å². The second-order valence-electron chi connectivity index (χ2n) is 9.14. The quantitative estimate of drug-likeness (QED) is 0.687. The van der Waals surface area contributed by atoms with Crippen molar-refractivity contribution >= 4 is 17.7 Å². The highest BCUT2D eigenvalue weighted by atomic mass is 16.5. The molecule has 3 amide bonds. The zero-order valence-electron chi connectivity index (χ0n) is 19.7. The lowest BCUT2D eigenvalue weighted by Crippen LogP contribution is -2.55. The number of piperidine rings is 1. The zero-order valence-corrected chi connectivity index (χ0v) is 19.7. The van der Waals surface area contributed by atoms with Crippen LogP contribution in [0.3, 0.4) is 0 Å². The number of hydrogen-bond donors (Lipinski definition) is 2. The SMILES string of the molecule is COc1ccc(C(=O)N2CCC(C(=O)N[C@@H]3CCCC[C@H]3NC(=O)c3ccccc3)CC2)cc1. The van der Waals surface area contributed by atoms with E-state index in [4.69, 9.17) is 4.74 Å². The van der Waals surface area contributed by atoms with Crippen LogP contribution in [0, 0.1) is 5.92 Å². The highest BCUT2D eigenvalue weighted by molar-refractivity contribution is 5.95. The van der Waals surface area contributed by atoms with E-state index in [1.807, 2.05) is 23.1 Å². The van der Waals surface area contributed by atoms with Crippen LogP contribution >= 0.6 is 0 Å². The van der Waals surface area contributed by atoms with Gasteiger partial charge in [0, 0.05) is 42.2 Å². The molecule has 0 spiro atoms. The minimum absolute atomic E-state index is 0.0162. The summed E-state index contributed by atoms with van der Waals surface area (Å²) >= 11 is 0. The van der Waals surface area contributed by atoms with Gasteiger partial charge in [0.05, 0.1) is 7.11 Å². The molecule has 7 heteroatoms. The highest BCUT2D eigenvalue weighted by Crippen LogP contribution is 2.23. The molecule has 34 heavy (non-hydrogen) atoms. The standard InChI is InChI=1S/C27H33N3O4/c1-34-22-13-11-21(12-14-22)27(33)30-17-15-20(16-18-30)26(32)29-24-10-6-5-9-23(24)28-25(31)19-7-3-2-4-8-19/h2-4,7-8,11-14,20,23-24H,5-6,9-10,15-18H2,1H3,(H,28,31)(H,29,32)/t23-,24-/m1/s1. The predicted octanol–water partition coefficient (Wildman–Crippen LogP) is 3.40. The predicted molar refractivity (Wildman–Crippen MR) is 130 cm³/mol. The molecule has 0 aromatic heterocycles. The topological polar surface area (TPSA) is 87.7 Å². The molecular formula is C27H33N3O4. The largest absolute Gasteiger partial charge is 0.497 e. The molecule has 2 atom stereocenters. The van der Waals surface area contributed by atoms with Crippen molar-refractivity contribution in [2.24, 2.45) is 5.92 Å². The minimum Gasteiger partial charge on any atom is -0.497 e. The van der Waals surface area contributed by atoms with Crippen molar-refractivity contribution in [3.63, 3.8) is 0 Å². The van der Waals surface area contributed by atoms with E-state index < -0.39 is 0 Å². The Kier molecular flexibility index (Phi) is 7.83. The van der Waals surface area contributed by atoms with Gasteiger partial charge in [0.15, 0.2) is 0 Å². The average molecular weight is 464 g/mol. The summed E-state index contributed by atoms with van der Waals surface area (Å²) in [7, 11) is 1.60. The number of methoxy groups -OCH3 is 1. The lowest BCUT2D eigenvalue weighted by molar-refractivity contribution is -0.127. The van der Waals surface area contributed by atoms with E-state index in [-0.39, 0.29) is 35.7 Å². The number of nitrogens with one attached hydrogen (secondary N) is 2. The van der Waals surface area contributed by atoms with Crippen molar-refractivity contribution in [3.8, 4) is 5.75 Å². The molecule has 1 saturated heterocycles. The van der Waals surface area contributed by atoms with E-state index in [1.54, 1.807) is 43.5 Å². The number of carbonyl (C=O) groups excluding carboxylic acids is 3. The van der Waals surface area contributed by atoms with Crippen LogP contribution in [0.15, 0.2) is 54.6 Å². The maximum absolute atomic E-state index is 13.0. The molecule has 2 N–H and O–H groups in total. The van der Waals surface area contributed by atoms with Gasteiger partial charge in [-0.25, -0.2) is 0 Å². The summed E-state index contributed by atoms with van der Waals surface area (Å²) in [6.45, 7) is 1.11. The van der Waals surface area contributed by atoms with Gasteiger partial charge in [-0.05, 0) is 62.1 Å². The molecule has 2 aliphatic rings. The Bertz CT molecular complexity index is 985. The lowest BCUT2D eigenvalue weighted by atomic mass is 9.88. The first-order valence-corrected chi connectivity index (χ1v) is 12.1. The first kappa shape index (κ1) is 23.8. The molecular weight excluding hydrogens is 430 g/mol. The molecule has 1 aliphatic heterocycles. The summed E-state index contributed by atoms with van der Waals surface area (Å²) < 4.78 is 5.16. The Morgan fingerprint density at radius 1 is 0.794 bits per heavy atom. The summed E-state index contributed by atoms with van der Waals surface area (Å²) in [5.41, 5.74) is 1.26. The minimum atomic E-state index is -0.118. The van der Waals surface area contributed by atoms with Gasteiger partial charge in [0.25, 0.3) is 11.8 Å². The van der Waals surface area contributed by atoms with Crippen molar-refractivity contribution in [3.05, 3.63) is 65.7 Å². The third kappa shape index (κ3) is 5.76. The van der Waals surface area contributed by atoms with Gasteiger partial charge in [-0.2, -0.15) is 0 Å². The average Bonchev–Trinajstić information content (AvgIpc) is 2.90. The summed E-state index contributed by atoms with van der Waals surface area (Å²) in [6.07, 6.45) is 5.08. The monoisotopic (exact) mass is 463 g/mol. The maximum Gasteiger partial charge on any atom is 0.253 e. The second-order valence-corrected chi connectivity index (χ2v) is 9.14. The molecule has 1 saturated carbocycles. The van der Waals surface area contributed by atoms with Crippen molar-refractivity contribution in [2.45, 2.75) is 50.6 Å². The Hall–Kier alpha value is -3.35. The highest BCUT2D eigenvalue weighted by Gasteiger charge is 2.32. The van der Waals surface area contributed by atoms with Gasteiger partial charge in [-0.15, -0.1) is 0 Å². The van der Waals surface area contributed by atoms with E-state index in [0.29, 0.717) is 42.8 Å². The van der Waals surface area contributed by atoms with Crippen LogP contribution in [0.25, 0.3) is 0 Å². The molecule has 0 bridgehead atoms. The fourth-order valence-corrected chi connectivity index (χ4v) is 4.88. The number of nitrogens with zero attached hydrogens (tertiary/aromatic N) is 1. The number of likely N-dealkylation sites (tertiary alicyclic amines) is 1. The lowest BCUT2D eigenvalue weighted by Gasteiger charge is -2.36. The number of ether oxygens (including phenoxy) is 1. The molecule has 2 fully saturated rings. The van der Waals surface area contributed by atoms with E-state index in [9.17, 15) is 14.4 Å². The molecule has 7 nitrogen and oxygen atoms in total. The Morgan fingerprint density at radius 2 is 1.41 bits per heavy atom. The van der Waals surface area contributed by atoms with Gasteiger partial charge in [-0.1, -0.05) is 31.0 Å². The number of carbonyl (C=O) groups is 3. The Labute approximate surface area is 200 Å². The molecule has 0 radical (unpaired) electrons. The fraction of sp³-hybridized carbons (Fsp3) is 0.444. The van der Waals surface area contributed by atoms with Crippen LogP contribution in [-0.2, 0) is 4.79 Å². The van der Waals surface area contributed by atoms with Crippen molar-refractivity contribution in [2.75, 3.05) is 20.2 Å². The van der Waals surface area contributed by atoms with Gasteiger partial charge in [0.2, 0.25) is 5.91 Å². The first-order valence-electron chi connectivity index (χ1n) is 12.1. The van der Waals surface area contributed by atoms with Crippen LogP contribution < -0.4 is 15.4 Å². The van der Waals surface area contributed by atoms with Crippen LogP contribution in [0.2, 0.25) is 0 Å². The summed E-state index contributed by atoms with van der Waals surface area (Å²) in [4.78, 5) is 40.3. The summed E-state index contributed by atoms with van der Waals surface area (Å²) in [6, 6.07) is 16.2. The molecule has 180 valence electrons. The first-order chi connectivity index (χ1) is 16.5. The van der Waals surface area contributed by atoms with Gasteiger partial charge in [-0.3, -0.25) is 14.4 Å². The van der Waals surface area contributed by atoms with E-state index in [1.165, 1.54) is 0 Å². The number of rotatable bonds is 6. The molecule has 1 heterocycles. The van der Waals surface area contributed by atoms with Crippen LogP contribution in [0.5, 0.6) is 5.75 Å². The second kappa shape index (κ2) is 11.2. The molecule has 1 aliphatic carbocycles. The van der Waals surface area contributed by atoms with Crippen molar-refractivity contribution < 1.29 is 19.1 Å². The number of benzene rings is 2. The number of hydrogen-bond acceptors (Lipinski definition) is 4. The number of amides is 3. The van der Waals surface area contributed by atoms with Gasteiger partial charge in [0.1, 0.15) is 5.75 Å². The Balaban J connectivity index is 1.29. The van der Waals surface area contributed by atoms with Crippen LogP contribution in [0.1, 0.15) is 59.2 Å². The molecule has 2 aromatic rings. The maximum atomic E-state index is 13.0. The zero-order chi connectivity index (χ0) is 23.9. The third-order valence-corrected chi connectivity index (χ3v) is 6.94. The van der Waals surface area contributed by atoms with Crippen LogP contribution in [0.4, 0.5) is 0 Å². The van der Waals surface area contributed by atoms with E-state index in [2.05, 4.69) is 10.6 Å². The van der Waals surface area contributed by atoms with Crippen molar-refractivity contribution in [1.29, 1.82) is 0 Å². The summed E-state index contributed by atoms with van der Waals surface area (Å²) in [5, 5.41) is 6.34. The van der Waals surface area contributed by atoms with E-state index in [0.717, 1.165) is 25.7 Å². The fourth-order valence-electron chi connectivity index (χ4n) is 4.88. The molecule has 2 aromatic carbocycles. The van der Waals surface area contributed by atoms with Gasteiger partial charge < -0.3 is 20.3 Å². The smallest absolute Gasteiger partial charge is 0.253 e. The molecule has 0 unspecified atom stereocenters. The summed E-state index contributed by atoms with van der Waals surface area (Å²) in [5.74, 6) is 0.511. The normalized spacial score (nSPS) is 20.9. The molecule has 4 rings (SSSR count). The Morgan fingerprint density at radius 3 is 2.03 bits per heavy atom. The van der Waals surface area contributed by atoms with E-state index >= 15 is 0 Å². The van der Waals surface area contributed by atoms with Gasteiger partial charge >= 0.3 is 0 Å².